The monoisotopic (exact) mass is 318 g/mol. The second kappa shape index (κ2) is 6.50. The number of nitrogens with zero attached hydrogens (tertiary/aromatic N) is 3. The molecule has 8 nitrogen and oxygen atoms in total. The van der Waals surface area contributed by atoms with Crippen molar-refractivity contribution in [3.8, 4) is 10.8 Å². The van der Waals surface area contributed by atoms with E-state index in [0.717, 1.165) is 10.6 Å². The van der Waals surface area contributed by atoms with Crippen molar-refractivity contribution in [3.63, 3.8) is 0 Å². The van der Waals surface area contributed by atoms with Crippen LogP contribution in [0.3, 0.4) is 0 Å². The summed E-state index contributed by atoms with van der Waals surface area (Å²) in [7, 11) is 0. The Bertz CT molecular complexity index is 722. The van der Waals surface area contributed by atoms with Gasteiger partial charge in [-0.15, -0.1) is 11.3 Å². The molecule has 0 radical (unpaired) electrons. The number of amides is 1. The average Bonchev–Trinajstić information content (AvgIpc) is 3.25. The summed E-state index contributed by atoms with van der Waals surface area (Å²) in [5.41, 5.74) is 6.64. The molecule has 0 aromatic carbocycles. The third kappa shape index (κ3) is 3.38. The highest BCUT2D eigenvalue weighted by molar-refractivity contribution is 7.13. The summed E-state index contributed by atoms with van der Waals surface area (Å²) in [6.45, 7) is 0.171. The number of rotatable bonds is 6. The summed E-state index contributed by atoms with van der Waals surface area (Å²) in [5.74, 6) is 0.573. The predicted molar refractivity (Wildman–Crippen MR) is 79.7 cm³/mol. The number of hydrogen-bond donors (Lipinski definition) is 3. The molecule has 0 spiro atoms. The number of carbonyl (C=O) groups excluding carboxylic acids is 1. The number of aromatic amines is 1. The minimum atomic E-state index is -0.663. The first-order chi connectivity index (χ1) is 10.7. The van der Waals surface area contributed by atoms with Crippen LogP contribution in [0.2, 0.25) is 0 Å². The molecule has 0 unspecified atom stereocenters. The van der Waals surface area contributed by atoms with E-state index in [2.05, 4.69) is 25.4 Å². The maximum atomic E-state index is 11.9. The molecule has 0 aliphatic rings. The quantitative estimate of drug-likeness (QED) is 0.615. The molecule has 0 aliphatic carbocycles. The van der Waals surface area contributed by atoms with Crippen molar-refractivity contribution in [2.45, 2.75) is 19.0 Å². The van der Waals surface area contributed by atoms with Crippen LogP contribution in [0.15, 0.2) is 34.6 Å². The second-order valence-electron chi connectivity index (χ2n) is 4.60. The summed E-state index contributed by atoms with van der Waals surface area (Å²) in [6, 6.07) is 3.13. The molecular weight excluding hydrogens is 304 g/mol. The van der Waals surface area contributed by atoms with Gasteiger partial charge in [0.15, 0.2) is 5.82 Å². The van der Waals surface area contributed by atoms with Gasteiger partial charge >= 0.3 is 0 Å². The van der Waals surface area contributed by atoms with Gasteiger partial charge < -0.3 is 20.6 Å². The van der Waals surface area contributed by atoms with Gasteiger partial charge in [-0.1, -0.05) is 11.2 Å². The molecule has 3 aromatic heterocycles. The first-order valence-corrected chi connectivity index (χ1v) is 7.47. The summed E-state index contributed by atoms with van der Waals surface area (Å²) >= 11 is 1.51. The van der Waals surface area contributed by atoms with Crippen LogP contribution < -0.4 is 11.1 Å². The van der Waals surface area contributed by atoms with Crippen LogP contribution in [-0.4, -0.2) is 32.1 Å². The lowest BCUT2D eigenvalue weighted by atomic mass is 10.1. The molecule has 0 aliphatic heterocycles. The molecular formula is C13H14N6O2S. The van der Waals surface area contributed by atoms with Crippen LogP contribution in [0.5, 0.6) is 0 Å². The van der Waals surface area contributed by atoms with E-state index in [9.17, 15) is 4.79 Å². The molecule has 3 aromatic rings. The summed E-state index contributed by atoms with van der Waals surface area (Å²) in [5, 5.41) is 8.44. The van der Waals surface area contributed by atoms with E-state index in [1.165, 1.54) is 11.3 Å². The highest BCUT2D eigenvalue weighted by Gasteiger charge is 2.16. The fourth-order valence-corrected chi connectivity index (χ4v) is 2.49. The van der Waals surface area contributed by atoms with Crippen LogP contribution >= 0.6 is 11.3 Å². The van der Waals surface area contributed by atoms with Gasteiger partial charge in [-0.25, -0.2) is 4.98 Å². The zero-order valence-corrected chi connectivity index (χ0v) is 12.3. The van der Waals surface area contributed by atoms with E-state index in [1.807, 2.05) is 17.5 Å². The van der Waals surface area contributed by atoms with Gasteiger partial charge in [-0.3, -0.25) is 4.79 Å². The van der Waals surface area contributed by atoms with Crippen molar-refractivity contribution < 1.29 is 9.32 Å². The zero-order valence-electron chi connectivity index (χ0n) is 11.5. The number of imidazole rings is 1. The molecule has 1 amide bonds. The number of aromatic nitrogens is 4. The minimum absolute atomic E-state index is 0.171. The van der Waals surface area contributed by atoms with E-state index >= 15 is 0 Å². The number of thiophene rings is 1. The largest absolute Gasteiger partial charge is 0.348 e. The Balaban J connectivity index is 1.52. The van der Waals surface area contributed by atoms with Crippen molar-refractivity contribution in [2.24, 2.45) is 5.73 Å². The van der Waals surface area contributed by atoms with Gasteiger partial charge in [0.2, 0.25) is 5.91 Å². The Kier molecular flexibility index (Phi) is 4.26. The Morgan fingerprint density at radius 1 is 1.55 bits per heavy atom. The zero-order chi connectivity index (χ0) is 15.4. The molecule has 0 bridgehead atoms. The smallest absolute Gasteiger partial charge is 0.268 e. The van der Waals surface area contributed by atoms with Crippen molar-refractivity contribution in [2.75, 3.05) is 0 Å². The van der Waals surface area contributed by atoms with Crippen LogP contribution in [0.25, 0.3) is 10.8 Å². The van der Waals surface area contributed by atoms with Crippen LogP contribution in [0.1, 0.15) is 11.5 Å². The van der Waals surface area contributed by atoms with Gasteiger partial charge in [-0.05, 0) is 11.4 Å². The molecule has 114 valence electrons. The fraction of sp³-hybridized carbons (Fsp3) is 0.231. The summed E-state index contributed by atoms with van der Waals surface area (Å²) < 4.78 is 5.14. The van der Waals surface area contributed by atoms with Gasteiger partial charge in [0.05, 0.1) is 23.8 Å². The Morgan fingerprint density at radius 2 is 2.45 bits per heavy atom. The number of H-pyrrole nitrogens is 1. The molecule has 3 heterocycles. The molecule has 4 N–H and O–H groups in total. The minimum Gasteiger partial charge on any atom is -0.348 e. The van der Waals surface area contributed by atoms with Gasteiger partial charge in [0.1, 0.15) is 0 Å². The molecule has 1 atom stereocenters. The number of nitrogens with one attached hydrogen (secondary N) is 2. The second-order valence-corrected chi connectivity index (χ2v) is 5.55. The first-order valence-electron chi connectivity index (χ1n) is 6.59. The van der Waals surface area contributed by atoms with Crippen LogP contribution in [-0.2, 0) is 17.8 Å². The normalized spacial score (nSPS) is 12.2. The highest BCUT2D eigenvalue weighted by atomic mass is 32.1. The Morgan fingerprint density at radius 3 is 3.18 bits per heavy atom. The third-order valence-electron chi connectivity index (χ3n) is 2.95. The number of carbonyl (C=O) groups is 1. The molecule has 3 rings (SSSR count). The average molecular weight is 318 g/mol. The maximum absolute atomic E-state index is 11.9. The Labute approximate surface area is 129 Å². The predicted octanol–water partition coefficient (Wildman–Crippen LogP) is 0.707. The summed E-state index contributed by atoms with van der Waals surface area (Å²) in [6.07, 6.45) is 3.57. The Hall–Kier alpha value is -2.52. The third-order valence-corrected chi connectivity index (χ3v) is 3.81. The van der Waals surface area contributed by atoms with Gasteiger partial charge in [-0.2, -0.15) is 4.98 Å². The van der Waals surface area contributed by atoms with Crippen LogP contribution in [0.4, 0.5) is 0 Å². The van der Waals surface area contributed by atoms with E-state index in [0.29, 0.717) is 18.1 Å². The maximum Gasteiger partial charge on any atom is 0.268 e. The van der Waals surface area contributed by atoms with Gasteiger partial charge in [0, 0.05) is 18.3 Å². The van der Waals surface area contributed by atoms with E-state index in [-0.39, 0.29) is 12.5 Å². The highest BCUT2D eigenvalue weighted by Crippen LogP contribution is 2.22. The number of nitrogens with two attached hydrogens (primary N) is 1. The lowest BCUT2D eigenvalue weighted by Crippen LogP contribution is -2.41. The van der Waals surface area contributed by atoms with Crippen molar-refractivity contribution in [1.29, 1.82) is 0 Å². The SMILES string of the molecule is N[C@@H](Cc1cnc[nH]1)C(=O)NCc1noc(-c2cccs2)n1. The molecule has 0 fully saturated rings. The molecule has 9 heteroatoms. The van der Waals surface area contributed by atoms with Crippen molar-refractivity contribution in [1.82, 2.24) is 25.4 Å². The standard InChI is InChI=1S/C13H14N6O2S/c14-9(4-8-5-15-7-17-8)12(20)16-6-11-18-13(21-19-11)10-2-1-3-22-10/h1-3,5,7,9H,4,6,14H2,(H,15,17)(H,16,20)/t9-/m0/s1. The van der Waals surface area contributed by atoms with E-state index < -0.39 is 6.04 Å². The van der Waals surface area contributed by atoms with E-state index in [1.54, 1.807) is 12.5 Å². The summed E-state index contributed by atoms with van der Waals surface area (Å²) in [4.78, 5) is 23.8. The van der Waals surface area contributed by atoms with Crippen molar-refractivity contribution >= 4 is 17.2 Å². The first kappa shape index (κ1) is 14.4. The number of hydrogen-bond acceptors (Lipinski definition) is 7. The van der Waals surface area contributed by atoms with Crippen LogP contribution in [0, 0.1) is 0 Å². The molecule has 22 heavy (non-hydrogen) atoms. The lowest BCUT2D eigenvalue weighted by Gasteiger charge is -2.09. The molecule has 0 saturated heterocycles. The lowest BCUT2D eigenvalue weighted by molar-refractivity contribution is -0.122. The van der Waals surface area contributed by atoms with Crippen molar-refractivity contribution in [3.05, 3.63) is 41.6 Å². The topological polar surface area (TPSA) is 123 Å². The van der Waals surface area contributed by atoms with E-state index in [4.69, 9.17) is 10.3 Å². The fourth-order valence-electron chi connectivity index (χ4n) is 1.85. The molecule has 0 saturated carbocycles. The van der Waals surface area contributed by atoms with Gasteiger partial charge in [0.25, 0.3) is 5.89 Å².